The summed E-state index contributed by atoms with van der Waals surface area (Å²) in [7, 11) is 0. The van der Waals surface area contributed by atoms with Crippen molar-refractivity contribution in [1.29, 1.82) is 0 Å². The van der Waals surface area contributed by atoms with Gasteiger partial charge in [0.15, 0.2) is 0 Å². The molecule has 5 heteroatoms. The lowest BCUT2D eigenvalue weighted by Crippen LogP contribution is -2.57. The van der Waals surface area contributed by atoms with Gasteiger partial charge >= 0.3 is 0 Å². The molecule has 0 atom stereocenters. The van der Waals surface area contributed by atoms with Crippen LogP contribution in [0.15, 0.2) is 0 Å². The van der Waals surface area contributed by atoms with Crippen LogP contribution in [0.5, 0.6) is 0 Å². The Morgan fingerprint density at radius 3 is 2.29 bits per heavy atom. The standard InChI is InChI=1S/C12H24N2O3/c1-3-12(4-6-13-7-5-12)10(17)14-11(2,8-15)9-16/h13,15-16H,3-9H2,1-2H3,(H,14,17). The van der Waals surface area contributed by atoms with Gasteiger partial charge in [-0.1, -0.05) is 6.92 Å². The highest BCUT2D eigenvalue weighted by molar-refractivity contribution is 5.83. The number of hydrogen-bond acceptors (Lipinski definition) is 4. The maximum atomic E-state index is 12.3. The number of hydrogen-bond donors (Lipinski definition) is 4. The molecule has 0 aromatic heterocycles. The van der Waals surface area contributed by atoms with Gasteiger partial charge in [0.1, 0.15) is 0 Å². The van der Waals surface area contributed by atoms with Gasteiger partial charge in [-0.25, -0.2) is 0 Å². The Morgan fingerprint density at radius 2 is 1.88 bits per heavy atom. The van der Waals surface area contributed by atoms with Crippen LogP contribution >= 0.6 is 0 Å². The predicted molar refractivity (Wildman–Crippen MR) is 65.5 cm³/mol. The molecule has 1 aliphatic heterocycles. The first-order chi connectivity index (χ1) is 8.02. The Bertz CT molecular complexity index is 258. The van der Waals surface area contributed by atoms with Crippen LogP contribution in [0.3, 0.4) is 0 Å². The van der Waals surface area contributed by atoms with Crippen LogP contribution in [0.2, 0.25) is 0 Å². The van der Waals surface area contributed by atoms with Crippen molar-refractivity contribution in [2.75, 3.05) is 26.3 Å². The quantitative estimate of drug-likeness (QED) is 0.532. The Balaban J connectivity index is 2.72. The molecule has 0 radical (unpaired) electrons. The SMILES string of the molecule is CCC1(C(=O)NC(C)(CO)CO)CCNCC1. The van der Waals surface area contributed by atoms with Crippen molar-refractivity contribution in [1.82, 2.24) is 10.6 Å². The van der Waals surface area contributed by atoms with E-state index in [9.17, 15) is 15.0 Å². The maximum absolute atomic E-state index is 12.3. The van der Waals surface area contributed by atoms with Crippen molar-refractivity contribution >= 4 is 5.91 Å². The van der Waals surface area contributed by atoms with Gasteiger partial charge in [0, 0.05) is 0 Å². The number of carbonyl (C=O) groups excluding carboxylic acids is 1. The van der Waals surface area contributed by atoms with E-state index in [-0.39, 0.29) is 24.5 Å². The summed E-state index contributed by atoms with van der Waals surface area (Å²) in [5, 5.41) is 24.4. The van der Waals surface area contributed by atoms with Crippen molar-refractivity contribution < 1.29 is 15.0 Å². The summed E-state index contributed by atoms with van der Waals surface area (Å²) in [6.07, 6.45) is 2.40. The molecule has 0 saturated carbocycles. The molecule has 0 bridgehead atoms. The first-order valence-corrected chi connectivity index (χ1v) is 6.27. The van der Waals surface area contributed by atoms with E-state index in [1.54, 1.807) is 6.92 Å². The molecular weight excluding hydrogens is 220 g/mol. The fourth-order valence-corrected chi connectivity index (χ4v) is 2.18. The summed E-state index contributed by atoms with van der Waals surface area (Å²) in [6, 6.07) is 0. The number of aliphatic hydroxyl groups is 2. The molecule has 5 nitrogen and oxygen atoms in total. The Morgan fingerprint density at radius 1 is 1.35 bits per heavy atom. The van der Waals surface area contributed by atoms with Crippen molar-refractivity contribution in [2.45, 2.75) is 38.6 Å². The zero-order valence-electron chi connectivity index (χ0n) is 10.8. The molecule has 1 rings (SSSR count). The molecule has 4 N–H and O–H groups in total. The van der Waals surface area contributed by atoms with Crippen LogP contribution < -0.4 is 10.6 Å². The summed E-state index contributed by atoms with van der Waals surface area (Å²) >= 11 is 0. The van der Waals surface area contributed by atoms with Crippen molar-refractivity contribution in [3.8, 4) is 0 Å². The van der Waals surface area contributed by atoms with E-state index < -0.39 is 5.54 Å². The van der Waals surface area contributed by atoms with Crippen LogP contribution in [0.1, 0.15) is 33.1 Å². The summed E-state index contributed by atoms with van der Waals surface area (Å²) in [4.78, 5) is 12.3. The van der Waals surface area contributed by atoms with Crippen molar-refractivity contribution in [3.63, 3.8) is 0 Å². The second-order valence-corrected chi connectivity index (χ2v) is 5.21. The van der Waals surface area contributed by atoms with Crippen LogP contribution in [0.25, 0.3) is 0 Å². The molecule has 17 heavy (non-hydrogen) atoms. The average molecular weight is 244 g/mol. The third-order valence-corrected chi connectivity index (χ3v) is 3.83. The zero-order chi connectivity index (χ0) is 12.9. The minimum absolute atomic E-state index is 0.0490. The predicted octanol–water partition coefficient (Wildman–Crippen LogP) is -0.374. The Kier molecular flexibility index (Phi) is 4.91. The average Bonchev–Trinajstić information content (AvgIpc) is 2.39. The summed E-state index contributed by atoms with van der Waals surface area (Å²) in [5.41, 5.74) is -1.28. The van der Waals surface area contributed by atoms with E-state index in [2.05, 4.69) is 10.6 Å². The molecule has 1 fully saturated rings. The van der Waals surface area contributed by atoms with Crippen molar-refractivity contribution in [3.05, 3.63) is 0 Å². The topological polar surface area (TPSA) is 81.6 Å². The van der Waals surface area contributed by atoms with Crippen LogP contribution in [-0.2, 0) is 4.79 Å². The molecule has 100 valence electrons. The minimum Gasteiger partial charge on any atom is -0.394 e. The molecule has 0 spiro atoms. The minimum atomic E-state index is -0.926. The molecule has 1 saturated heterocycles. The summed E-state index contributed by atoms with van der Waals surface area (Å²) in [5.74, 6) is -0.0490. The van der Waals surface area contributed by atoms with Gasteiger partial charge in [0.25, 0.3) is 0 Å². The molecule has 1 heterocycles. The highest BCUT2D eigenvalue weighted by atomic mass is 16.3. The highest BCUT2D eigenvalue weighted by Gasteiger charge is 2.40. The second kappa shape index (κ2) is 5.80. The van der Waals surface area contributed by atoms with E-state index in [1.165, 1.54) is 0 Å². The van der Waals surface area contributed by atoms with Crippen LogP contribution in [0, 0.1) is 5.41 Å². The van der Waals surface area contributed by atoms with Crippen LogP contribution in [-0.4, -0.2) is 48.0 Å². The second-order valence-electron chi connectivity index (χ2n) is 5.21. The van der Waals surface area contributed by atoms with Gasteiger partial charge in [-0.05, 0) is 39.3 Å². The van der Waals surface area contributed by atoms with Gasteiger partial charge in [-0.2, -0.15) is 0 Å². The van der Waals surface area contributed by atoms with E-state index >= 15 is 0 Å². The maximum Gasteiger partial charge on any atom is 0.226 e. The molecule has 0 aromatic rings. The van der Waals surface area contributed by atoms with Gasteiger partial charge < -0.3 is 20.8 Å². The first kappa shape index (κ1) is 14.4. The fourth-order valence-electron chi connectivity index (χ4n) is 2.18. The molecule has 0 aliphatic carbocycles. The number of piperidine rings is 1. The van der Waals surface area contributed by atoms with E-state index in [0.717, 1.165) is 32.4 Å². The Labute approximate surface area is 103 Å². The number of nitrogens with one attached hydrogen (secondary N) is 2. The summed E-state index contributed by atoms with van der Waals surface area (Å²) < 4.78 is 0. The lowest BCUT2D eigenvalue weighted by molar-refractivity contribution is -0.136. The lowest BCUT2D eigenvalue weighted by atomic mass is 9.75. The van der Waals surface area contributed by atoms with E-state index in [0.29, 0.717) is 0 Å². The van der Waals surface area contributed by atoms with Gasteiger partial charge in [0.2, 0.25) is 5.91 Å². The third kappa shape index (κ3) is 3.18. The smallest absolute Gasteiger partial charge is 0.226 e. The highest BCUT2D eigenvalue weighted by Crippen LogP contribution is 2.33. The Hall–Kier alpha value is -0.650. The normalized spacial score (nSPS) is 20.0. The fraction of sp³-hybridized carbons (Fsp3) is 0.917. The molecule has 0 unspecified atom stereocenters. The molecule has 1 aliphatic rings. The molecular formula is C12H24N2O3. The monoisotopic (exact) mass is 244 g/mol. The lowest BCUT2D eigenvalue weighted by Gasteiger charge is -2.38. The number of carbonyl (C=O) groups is 1. The third-order valence-electron chi connectivity index (χ3n) is 3.83. The largest absolute Gasteiger partial charge is 0.394 e. The molecule has 0 aromatic carbocycles. The van der Waals surface area contributed by atoms with Gasteiger partial charge in [-0.3, -0.25) is 4.79 Å². The summed E-state index contributed by atoms with van der Waals surface area (Å²) in [6.45, 7) is 4.84. The van der Waals surface area contributed by atoms with E-state index in [4.69, 9.17) is 0 Å². The first-order valence-electron chi connectivity index (χ1n) is 6.27. The van der Waals surface area contributed by atoms with Crippen LogP contribution in [0.4, 0.5) is 0 Å². The van der Waals surface area contributed by atoms with Gasteiger partial charge in [-0.15, -0.1) is 0 Å². The van der Waals surface area contributed by atoms with Crippen molar-refractivity contribution in [2.24, 2.45) is 5.41 Å². The number of rotatable bonds is 5. The molecule has 1 amide bonds. The zero-order valence-corrected chi connectivity index (χ0v) is 10.8. The van der Waals surface area contributed by atoms with Gasteiger partial charge in [0.05, 0.1) is 24.2 Å². The number of amides is 1. The number of aliphatic hydroxyl groups excluding tert-OH is 2. The van der Waals surface area contributed by atoms with E-state index in [1.807, 2.05) is 6.92 Å².